The molecular formula is C28H32F4N2O3. The molecule has 0 fully saturated rings. The highest BCUT2D eigenvalue weighted by Gasteiger charge is 2.35. The molecule has 9 heteroatoms. The Morgan fingerprint density at radius 1 is 1.16 bits per heavy atom. The van der Waals surface area contributed by atoms with Gasteiger partial charge in [0.2, 0.25) is 0 Å². The lowest BCUT2D eigenvalue weighted by molar-refractivity contribution is -0.137. The van der Waals surface area contributed by atoms with Crippen molar-refractivity contribution >= 4 is 6.47 Å². The van der Waals surface area contributed by atoms with E-state index < -0.39 is 23.1 Å². The van der Waals surface area contributed by atoms with Crippen molar-refractivity contribution in [1.82, 2.24) is 10.3 Å². The molecule has 0 spiro atoms. The average molecular weight is 521 g/mol. The van der Waals surface area contributed by atoms with E-state index in [1.165, 1.54) is 13.3 Å². The van der Waals surface area contributed by atoms with E-state index >= 15 is 0 Å². The maximum absolute atomic E-state index is 14.0. The van der Waals surface area contributed by atoms with Crippen LogP contribution < -0.4 is 10.1 Å². The Balaban J connectivity index is 0.00000102. The molecular weight excluding hydrogens is 488 g/mol. The standard InChI is InChI=1S/C24H26F4N2O.C4H6O2/c1-5-6-7-8-17(2)14-23(29-3,22-10-9-21(31-4)16-30-22)15-18-11-19(24(26,27)28)13-20(25)12-18;1-4(2)6-3-5/h5-13,16,29H,2,14-15H2,1,3-4H3;3H,1H2,2H3/b6-5-,8-7-;. The SMILES string of the molecule is C=C(/C=C\C=C/C)CC(Cc1cc(F)cc(C(F)(F)F)c1)(NC)c1ccc(OC)cn1.C=C(C)OC=O. The number of likely N-dealkylation sites (N-methyl/N-ethyl adjacent to an activating group) is 1. The molecule has 37 heavy (non-hydrogen) atoms. The molecule has 0 bridgehead atoms. The Kier molecular flexibility index (Phi) is 12.5. The zero-order chi connectivity index (χ0) is 28.1. The molecule has 1 unspecified atom stereocenters. The Morgan fingerprint density at radius 2 is 1.86 bits per heavy atom. The first-order valence-electron chi connectivity index (χ1n) is 11.2. The maximum Gasteiger partial charge on any atom is 0.416 e. The number of nitrogens with zero attached hydrogens (tertiary/aromatic N) is 1. The van der Waals surface area contributed by atoms with Crippen molar-refractivity contribution in [2.24, 2.45) is 0 Å². The van der Waals surface area contributed by atoms with E-state index in [-0.39, 0.29) is 12.0 Å². The normalized spacial score (nSPS) is 13.0. The number of rotatable bonds is 11. The summed E-state index contributed by atoms with van der Waals surface area (Å²) in [6, 6.07) is 6.04. The van der Waals surface area contributed by atoms with Gasteiger partial charge in [-0.2, -0.15) is 13.2 Å². The van der Waals surface area contributed by atoms with E-state index in [1.807, 2.05) is 31.2 Å². The number of pyridine rings is 1. The maximum atomic E-state index is 14.0. The van der Waals surface area contributed by atoms with Crippen molar-refractivity contribution in [3.05, 3.63) is 108 Å². The highest BCUT2D eigenvalue weighted by atomic mass is 19.4. The summed E-state index contributed by atoms with van der Waals surface area (Å²) in [6.07, 6.45) is 4.67. The summed E-state index contributed by atoms with van der Waals surface area (Å²) in [4.78, 5) is 13.8. The highest BCUT2D eigenvalue weighted by Crippen LogP contribution is 2.35. The molecule has 5 nitrogen and oxygen atoms in total. The fourth-order valence-corrected chi connectivity index (χ4v) is 3.43. The lowest BCUT2D eigenvalue weighted by atomic mass is 9.81. The van der Waals surface area contributed by atoms with E-state index in [2.05, 4.69) is 28.2 Å². The minimum absolute atomic E-state index is 0.0696. The minimum Gasteiger partial charge on any atom is -0.495 e. The van der Waals surface area contributed by atoms with Crippen LogP contribution in [0.4, 0.5) is 17.6 Å². The molecule has 0 aliphatic heterocycles. The van der Waals surface area contributed by atoms with E-state index in [1.54, 1.807) is 26.1 Å². The molecule has 1 atom stereocenters. The quantitative estimate of drug-likeness (QED) is 0.155. The summed E-state index contributed by atoms with van der Waals surface area (Å²) in [5.74, 6) is 0.0278. The number of carbonyl (C=O) groups is 1. The molecule has 1 aromatic heterocycles. The second kappa shape index (κ2) is 14.7. The highest BCUT2D eigenvalue weighted by molar-refractivity contribution is 5.39. The molecule has 200 valence electrons. The zero-order valence-electron chi connectivity index (χ0n) is 21.4. The predicted octanol–water partition coefficient (Wildman–Crippen LogP) is 6.68. The number of hydrogen-bond acceptors (Lipinski definition) is 5. The summed E-state index contributed by atoms with van der Waals surface area (Å²) >= 11 is 0. The van der Waals surface area contributed by atoms with Crippen molar-refractivity contribution in [3.63, 3.8) is 0 Å². The summed E-state index contributed by atoms with van der Waals surface area (Å²) in [5, 5.41) is 3.20. The second-order valence-corrected chi connectivity index (χ2v) is 8.07. The van der Waals surface area contributed by atoms with Gasteiger partial charge < -0.3 is 14.8 Å². The number of alkyl halides is 3. The molecule has 0 aliphatic rings. The number of halogens is 4. The summed E-state index contributed by atoms with van der Waals surface area (Å²) in [6.45, 7) is 11.2. The number of hydrogen-bond donors (Lipinski definition) is 1. The van der Waals surface area contributed by atoms with Crippen LogP contribution >= 0.6 is 0 Å². The smallest absolute Gasteiger partial charge is 0.416 e. The van der Waals surface area contributed by atoms with Gasteiger partial charge in [0, 0.05) is 0 Å². The monoisotopic (exact) mass is 520 g/mol. The van der Waals surface area contributed by atoms with Crippen LogP contribution in [0.25, 0.3) is 0 Å². The van der Waals surface area contributed by atoms with Crippen molar-refractivity contribution < 1.29 is 31.8 Å². The number of allylic oxidation sites excluding steroid dienone is 5. The van der Waals surface area contributed by atoms with E-state index in [9.17, 15) is 22.4 Å². The van der Waals surface area contributed by atoms with Gasteiger partial charge >= 0.3 is 6.18 Å². The van der Waals surface area contributed by atoms with Crippen molar-refractivity contribution in [3.8, 4) is 5.75 Å². The molecule has 0 saturated carbocycles. The molecule has 2 rings (SSSR count). The summed E-state index contributed by atoms with van der Waals surface area (Å²) in [7, 11) is 3.21. The number of methoxy groups -OCH3 is 1. The Labute approximate surface area is 215 Å². The van der Waals surface area contributed by atoms with Crippen LogP contribution in [0.2, 0.25) is 0 Å². The van der Waals surface area contributed by atoms with Crippen LogP contribution in [0.3, 0.4) is 0 Å². The molecule has 0 saturated heterocycles. The third kappa shape index (κ3) is 10.4. The van der Waals surface area contributed by atoms with Gasteiger partial charge in [-0.1, -0.05) is 43.0 Å². The van der Waals surface area contributed by atoms with Crippen molar-refractivity contribution in [2.45, 2.75) is 38.4 Å². The average Bonchev–Trinajstić information content (AvgIpc) is 2.83. The Morgan fingerprint density at radius 3 is 2.32 bits per heavy atom. The summed E-state index contributed by atoms with van der Waals surface area (Å²) in [5.41, 5.74) is -0.432. The predicted molar refractivity (Wildman–Crippen MR) is 136 cm³/mol. The van der Waals surface area contributed by atoms with Crippen molar-refractivity contribution in [2.75, 3.05) is 14.2 Å². The van der Waals surface area contributed by atoms with Gasteiger partial charge in [-0.25, -0.2) is 4.39 Å². The second-order valence-electron chi connectivity index (χ2n) is 8.07. The topological polar surface area (TPSA) is 60.4 Å². The van der Waals surface area contributed by atoms with Crippen LogP contribution in [0.15, 0.2) is 85.3 Å². The van der Waals surface area contributed by atoms with Crippen LogP contribution in [0.1, 0.15) is 37.1 Å². The lowest BCUT2D eigenvalue weighted by Gasteiger charge is -2.34. The van der Waals surface area contributed by atoms with Crippen LogP contribution in [-0.4, -0.2) is 25.6 Å². The first kappa shape index (κ1) is 31.3. The molecule has 2 aromatic rings. The fourth-order valence-electron chi connectivity index (χ4n) is 3.43. The van der Waals surface area contributed by atoms with Gasteiger partial charge in [0.05, 0.1) is 35.9 Å². The van der Waals surface area contributed by atoms with Crippen molar-refractivity contribution in [1.29, 1.82) is 0 Å². The molecule has 0 aliphatic carbocycles. The van der Waals surface area contributed by atoms with Crippen LogP contribution in [-0.2, 0) is 27.7 Å². The van der Waals surface area contributed by atoms with Gasteiger partial charge in [-0.15, -0.1) is 0 Å². The molecule has 1 N–H and O–H groups in total. The Hall–Kier alpha value is -3.72. The third-order valence-corrected chi connectivity index (χ3v) is 5.15. The molecule has 0 amide bonds. The van der Waals surface area contributed by atoms with Gasteiger partial charge in [-0.3, -0.25) is 9.78 Å². The van der Waals surface area contributed by atoms with Crippen LogP contribution in [0, 0.1) is 5.82 Å². The van der Waals surface area contributed by atoms with E-state index in [4.69, 9.17) is 4.74 Å². The fraction of sp³-hybridized carbons (Fsp3) is 0.286. The van der Waals surface area contributed by atoms with Gasteiger partial charge in [0.25, 0.3) is 6.47 Å². The van der Waals surface area contributed by atoms with E-state index in [0.29, 0.717) is 36.2 Å². The number of benzene rings is 1. The third-order valence-electron chi connectivity index (χ3n) is 5.15. The number of aromatic nitrogens is 1. The number of nitrogens with one attached hydrogen (secondary N) is 1. The number of ether oxygens (including phenoxy) is 2. The van der Waals surface area contributed by atoms with Gasteiger partial charge in [0.1, 0.15) is 11.6 Å². The first-order valence-corrected chi connectivity index (χ1v) is 11.2. The molecule has 0 radical (unpaired) electrons. The zero-order valence-corrected chi connectivity index (χ0v) is 21.4. The van der Waals surface area contributed by atoms with Gasteiger partial charge in [0.15, 0.2) is 0 Å². The van der Waals surface area contributed by atoms with Gasteiger partial charge in [-0.05, 0) is 69.6 Å². The lowest BCUT2D eigenvalue weighted by Crippen LogP contribution is -2.43. The largest absolute Gasteiger partial charge is 0.495 e. The molecule has 1 heterocycles. The Bertz CT molecular complexity index is 1110. The van der Waals surface area contributed by atoms with Crippen LogP contribution in [0.5, 0.6) is 5.75 Å². The first-order chi connectivity index (χ1) is 17.4. The molecule has 1 aromatic carbocycles. The minimum atomic E-state index is -4.64. The van der Waals surface area contributed by atoms with E-state index in [0.717, 1.165) is 17.7 Å². The number of carbonyl (C=O) groups excluding carboxylic acids is 1. The summed E-state index contributed by atoms with van der Waals surface area (Å²) < 4.78 is 63.0.